The quantitative estimate of drug-likeness (QED) is 0.0708. The van der Waals surface area contributed by atoms with Crippen LogP contribution >= 0.6 is 0 Å². The van der Waals surface area contributed by atoms with Gasteiger partial charge in [0.15, 0.2) is 86.8 Å². The molecule has 0 aliphatic rings. The normalized spacial score (nSPS) is 9.89. The Balaban J connectivity index is 0.000000586. The third-order valence-electron chi connectivity index (χ3n) is 15.2. The second-order valence-electron chi connectivity index (χ2n) is 27.4. The largest absolute Gasteiger partial charge is 0.360 e. The third-order valence-corrected chi connectivity index (χ3v) is 15.2. The van der Waals surface area contributed by atoms with Gasteiger partial charge < -0.3 is 14.7 Å². The zero-order valence-corrected chi connectivity index (χ0v) is 68.3. The van der Waals surface area contributed by atoms with E-state index in [-0.39, 0.29) is 11.6 Å². The number of carbonyl (C=O) groups excluding carboxylic acids is 2. The van der Waals surface area contributed by atoms with Gasteiger partial charge in [-0.15, -0.1) is 0 Å². The van der Waals surface area contributed by atoms with Gasteiger partial charge >= 0.3 is 0 Å². The lowest BCUT2D eigenvalue weighted by Crippen LogP contribution is -2.54. The summed E-state index contributed by atoms with van der Waals surface area (Å²) in [6.45, 7) is 34.3. The van der Waals surface area contributed by atoms with Crippen molar-refractivity contribution >= 4 is 11.6 Å². The number of aromatic nitrogens is 7. The zero-order valence-electron chi connectivity index (χ0n) is 68.3. The Kier molecular flexibility index (Phi) is 46.0. The molecule has 0 saturated carbocycles. The van der Waals surface area contributed by atoms with Crippen LogP contribution in [0.3, 0.4) is 0 Å². The Hall–Kier alpha value is -10.1. The number of rotatable bonds is 13. The summed E-state index contributed by atoms with van der Waals surface area (Å²) >= 11 is 0. The number of aryl methyl sites for hydroxylation is 13. The van der Waals surface area contributed by atoms with E-state index in [4.69, 9.17) is 0 Å². The van der Waals surface area contributed by atoms with Crippen LogP contribution in [0.15, 0.2) is 281 Å². The molecule has 0 aliphatic heterocycles. The van der Waals surface area contributed by atoms with Gasteiger partial charge in [0, 0.05) is 113 Å². The Labute approximate surface area is 629 Å². The van der Waals surface area contributed by atoms with Gasteiger partial charge in [-0.3, -0.25) is 9.59 Å². The molecule has 13 heteroatoms. The fourth-order valence-electron chi connectivity index (χ4n) is 9.12. The SMILES string of the molecule is CC.CCN(C)[n+]1ccc(C)cc1.CC[n+]1ccc(C)cc1.CC[n+]1cccc(C)c1.C[NH3+].Cc1cc[n+](C)cc1.Cc1ccc(-[n+]2ccccc2)cc1.Cc1ccc(C(=O)C[N+](C)(C)C)cc1.Cc1ccc(C(=O)C[n+]2ccccc2)cc1.Cc1ccc(C[N+](C)(C)C)cc1.Cc1ccc[n+](C)c1. The van der Waals surface area contributed by atoms with Crippen molar-refractivity contribution in [3.8, 4) is 5.69 Å². The Morgan fingerprint density at radius 3 is 1.12 bits per heavy atom. The van der Waals surface area contributed by atoms with Crippen molar-refractivity contribution in [2.75, 3.05) is 74.5 Å². The molecule has 0 radical (unpaired) electrons. The highest BCUT2D eigenvalue weighted by molar-refractivity contribution is 5.97. The van der Waals surface area contributed by atoms with Crippen molar-refractivity contribution in [3.63, 3.8) is 0 Å². The lowest BCUT2D eigenvalue weighted by atomic mass is 10.1. The van der Waals surface area contributed by atoms with Gasteiger partial charge in [0.2, 0.25) is 23.8 Å². The van der Waals surface area contributed by atoms with E-state index in [1.807, 2.05) is 211 Å². The fraction of sp³-hybridized carbons (Fsp3) is 0.330. The topological polar surface area (TPSA) is 92.2 Å². The number of nitrogens with zero attached hydrogens (tertiary/aromatic N) is 10. The van der Waals surface area contributed by atoms with Gasteiger partial charge in [0.25, 0.3) is 0 Å². The molecule has 11 aromatic rings. The lowest BCUT2D eigenvalue weighted by molar-refractivity contribution is -0.884. The number of pyridine rings is 7. The smallest absolute Gasteiger partial charge is 0.227 e. The van der Waals surface area contributed by atoms with Crippen molar-refractivity contribution in [2.45, 2.75) is 123 Å². The van der Waals surface area contributed by atoms with E-state index in [0.717, 1.165) is 41.8 Å². The average Bonchev–Trinajstić information content (AvgIpc) is 0.884. The van der Waals surface area contributed by atoms with E-state index in [2.05, 4.69) is 273 Å². The number of likely N-dealkylation sites (N-methyl/N-ethyl adjacent to an activating group) is 1. The van der Waals surface area contributed by atoms with Crippen LogP contribution in [0.5, 0.6) is 0 Å². The molecule has 0 atom stereocenters. The van der Waals surface area contributed by atoms with E-state index in [1.165, 1.54) is 61.3 Å². The standard InChI is InChI=1S/C14H14NO.C12H18NO.C12H12N.C11H18N.C9H15N2.2C8H12N.2C7H10N.C2H6.CH5N/c1-12-5-7-13(8-6-12)14(16)11-15-9-3-2-4-10-15;1-10-5-7-11(8-6-10)12(14)9-13(2,3)4;1-11-5-7-12(8-6-11)13-9-3-2-4-10-13;1-10-5-7-11(8-6-10)9-12(2,3)4;1-4-10(3)11-7-5-9(2)6-8-11;1-3-9-6-4-8(2)5-7-9;1-3-9-6-4-5-8(2)7-9;1-7-3-5-8(2)6-4-7;1-7-4-3-5-8(2)6-7;2*1-2/h2-10H,11H2,1H3;5-8H,9H2,1-4H3;2-10H,1H3;5-8H,9H2,1-4H3;5-8H,4H2,1-3H3;2*4-7H,3H2,1-2H3;2*3-6H,1-2H3;1-2H3;2H2,1H3/q9*+1;;/p+1. The predicted octanol–water partition coefficient (Wildman–Crippen LogP) is 13.5. The average molecular weight is 1410 g/mol. The van der Waals surface area contributed by atoms with Crippen LogP contribution in [0.25, 0.3) is 5.69 Å². The van der Waals surface area contributed by atoms with Crippen LogP contribution in [0.1, 0.15) is 111 Å². The number of quaternary nitrogens is 3. The molecule has 0 bridgehead atoms. The van der Waals surface area contributed by atoms with Crippen molar-refractivity contribution in [1.29, 1.82) is 0 Å². The van der Waals surface area contributed by atoms with Crippen LogP contribution in [-0.2, 0) is 40.3 Å². The molecule has 13 nitrogen and oxygen atoms in total. The number of hydrogen-bond donors (Lipinski definition) is 1. The van der Waals surface area contributed by atoms with Gasteiger partial charge in [0.1, 0.15) is 40.3 Å². The molecule has 0 spiro atoms. The summed E-state index contributed by atoms with van der Waals surface area (Å²) < 4.78 is 16.1. The van der Waals surface area contributed by atoms with Crippen molar-refractivity contribution < 1.29 is 56.4 Å². The third kappa shape index (κ3) is 43.7. The van der Waals surface area contributed by atoms with Crippen molar-refractivity contribution in [1.82, 2.24) is 0 Å². The van der Waals surface area contributed by atoms with Gasteiger partial charge in [0.05, 0.1) is 62.9 Å². The molecule has 554 valence electrons. The summed E-state index contributed by atoms with van der Waals surface area (Å²) in [6.07, 6.45) is 28.6. The van der Waals surface area contributed by atoms with E-state index in [0.29, 0.717) is 17.6 Å². The molecule has 7 aromatic heterocycles. The summed E-state index contributed by atoms with van der Waals surface area (Å²) in [5.74, 6) is 0.341. The number of ketones is 2. The second kappa shape index (κ2) is 52.0. The maximum Gasteiger partial charge on any atom is 0.227 e. The molecule has 0 fully saturated rings. The highest BCUT2D eigenvalue weighted by atomic mass is 16.1. The van der Waals surface area contributed by atoms with Crippen LogP contribution < -0.4 is 42.8 Å². The summed E-state index contributed by atoms with van der Waals surface area (Å²) in [4.78, 5) is 23.7. The lowest BCUT2D eigenvalue weighted by Gasteiger charge is -2.23. The predicted molar refractivity (Wildman–Crippen MR) is 431 cm³/mol. The molecule has 4 aromatic carbocycles. The van der Waals surface area contributed by atoms with Crippen molar-refractivity contribution in [3.05, 3.63) is 348 Å². The summed E-state index contributed by atoms with van der Waals surface area (Å²) in [5, 5.41) is 2.14. The van der Waals surface area contributed by atoms with Crippen LogP contribution in [0, 0.1) is 62.3 Å². The van der Waals surface area contributed by atoms with Gasteiger partial charge in [-0.1, -0.05) is 138 Å². The van der Waals surface area contributed by atoms with Gasteiger partial charge in [-0.05, 0) is 112 Å². The number of hydrogen-bond acceptors (Lipinski definition) is 3. The molecule has 104 heavy (non-hydrogen) atoms. The van der Waals surface area contributed by atoms with Crippen molar-refractivity contribution in [2.24, 2.45) is 14.1 Å². The van der Waals surface area contributed by atoms with E-state index < -0.39 is 0 Å². The van der Waals surface area contributed by atoms with Crippen LogP contribution in [-0.4, -0.2) is 90.0 Å². The molecule has 0 saturated heterocycles. The molecular weight excluding hydrogens is 1280 g/mol. The highest BCUT2D eigenvalue weighted by Crippen LogP contribution is 2.10. The molecular formula is C91H133N11O2+10. The molecule has 0 aliphatic carbocycles. The molecule has 0 unspecified atom stereocenters. The van der Waals surface area contributed by atoms with E-state index in [1.54, 1.807) is 7.05 Å². The Bertz CT molecular complexity index is 3970. The summed E-state index contributed by atoms with van der Waals surface area (Å²) in [6, 6.07) is 65.4. The highest BCUT2D eigenvalue weighted by Gasteiger charge is 2.16. The zero-order chi connectivity index (χ0) is 78.0. The van der Waals surface area contributed by atoms with Crippen LogP contribution in [0.2, 0.25) is 0 Å². The molecule has 3 N–H and O–H groups in total. The van der Waals surface area contributed by atoms with Gasteiger partial charge in [-0.2, -0.15) is 14.1 Å². The summed E-state index contributed by atoms with van der Waals surface area (Å²) in [7, 11) is 20.5. The van der Waals surface area contributed by atoms with E-state index >= 15 is 0 Å². The number of carbonyl (C=O) groups is 2. The Morgan fingerprint density at radius 1 is 0.365 bits per heavy atom. The second-order valence-corrected chi connectivity index (χ2v) is 27.4. The minimum atomic E-state index is 0.135. The minimum Gasteiger partial charge on any atom is -0.360 e. The Morgan fingerprint density at radius 2 is 0.740 bits per heavy atom. The molecule has 0 amide bonds. The first kappa shape index (κ1) is 92.0. The first-order valence-electron chi connectivity index (χ1n) is 36.4. The summed E-state index contributed by atoms with van der Waals surface area (Å²) in [5.41, 5.74) is 19.0. The maximum absolute atomic E-state index is 11.9. The molecule has 7 heterocycles. The fourth-order valence-corrected chi connectivity index (χ4v) is 9.12. The first-order chi connectivity index (χ1) is 49.4. The number of Topliss-reactive ketones (excluding diaryl/α,β-unsaturated/α-hetero) is 2. The van der Waals surface area contributed by atoms with E-state index in [9.17, 15) is 9.59 Å². The monoisotopic (exact) mass is 1410 g/mol. The van der Waals surface area contributed by atoms with Gasteiger partial charge in [-0.25, -0.2) is 18.3 Å². The maximum atomic E-state index is 11.9. The minimum absolute atomic E-state index is 0.135. The molecule has 11 rings (SSSR count). The first-order valence-corrected chi connectivity index (χ1v) is 36.4. The number of benzene rings is 4. The van der Waals surface area contributed by atoms with Crippen LogP contribution in [0.4, 0.5) is 0 Å².